The molecule has 0 radical (unpaired) electrons. The molecule has 22 heavy (non-hydrogen) atoms. The summed E-state index contributed by atoms with van der Waals surface area (Å²) in [5.41, 5.74) is 1.02. The highest BCUT2D eigenvalue weighted by atomic mass is 79.9. The van der Waals surface area contributed by atoms with Gasteiger partial charge < -0.3 is 10.2 Å². The van der Waals surface area contributed by atoms with Gasteiger partial charge in [-0.3, -0.25) is 9.59 Å². The molecule has 0 fully saturated rings. The van der Waals surface area contributed by atoms with Crippen molar-refractivity contribution in [2.45, 2.75) is 38.8 Å². The molecule has 1 aliphatic rings. The fraction of sp³-hybridized carbons (Fsp3) is 0.412. The summed E-state index contributed by atoms with van der Waals surface area (Å²) < 4.78 is 0.956. The third kappa shape index (κ3) is 4.19. The summed E-state index contributed by atoms with van der Waals surface area (Å²) in [6, 6.07) is 7.36. The van der Waals surface area contributed by atoms with Gasteiger partial charge in [0.15, 0.2) is 0 Å². The van der Waals surface area contributed by atoms with Crippen LogP contribution in [0.2, 0.25) is 0 Å². The molecule has 0 saturated heterocycles. The highest BCUT2D eigenvalue weighted by Gasteiger charge is 2.30. The molecule has 1 unspecified atom stereocenters. The van der Waals surface area contributed by atoms with E-state index in [4.69, 9.17) is 0 Å². The molecule has 0 aromatic heterocycles. The molecule has 1 heterocycles. The number of hydrogen-bond donors (Lipinski definition) is 1. The van der Waals surface area contributed by atoms with E-state index in [1.807, 2.05) is 50.3 Å². The van der Waals surface area contributed by atoms with E-state index in [9.17, 15) is 9.59 Å². The summed E-state index contributed by atoms with van der Waals surface area (Å²) in [4.78, 5) is 26.4. The second-order valence-corrected chi connectivity index (χ2v) is 6.55. The van der Waals surface area contributed by atoms with Crippen LogP contribution in [0.25, 0.3) is 0 Å². The van der Waals surface area contributed by atoms with Gasteiger partial charge in [0, 0.05) is 29.9 Å². The maximum Gasteiger partial charge on any atom is 0.243 e. The lowest BCUT2D eigenvalue weighted by atomic mass is 10.0. The van der Waals surface area contributed by atoms with Crippen molar-refractivity contribution in [1.82, 2.24) is 10.2 Å². The zero-order valence-electron chi connectivity index (χ0n) is 12.9. The van der Waals surface area contributed by atoms with Crippen molar-refractivity contribution < 1.29 is 9.59 Å². The van der Waals surface area contributed by atoms with Crippen molar-refractivity contribution in [2.24, 2.45) is 0 Å². The highest BCUT2D eigenvalue weighted by molar-refractivity contribution is 9.10. The summed E-state index contributed by atoms with van der Waals surface area (Å²) >= 11 is 3.51. The second-order valence-electron chi connectivity index (χ2n) is 5.70. The van der Waals surface area contributed by atoms with Crippen molar-refractivity contribution in [2.75, 3.05) is 6.54 Å². The smallest absolute Gasteiger partial charge is 0.243 e. The Labute approximate surface area is 139 Å². The monoisotopic (exact) mass is 364 g/mol. The highest BCUT2D eigenvalue weighted by Crippen LogP contribution is 2.21. The van der Waals surface area contributed by atoms with Gasteiger partial charge in [0.25, 0.3) is 0 Å². The molecule has 0 saturated carbocycles. The predicted octanol–water partition coefficient (Wildman–Crippen LogP) is 2.67. The molecule has 1 aromatic carbocycles. The van der Waals surface area contributed by atoms with Gasteiger partial charge in [0.1, 0.15) is 6.04 Å². The number of amides is 2. The van der Waals surface area contributed by atoms with Crippen LogP contribution in [0.5, 0.6) is 0 Å². The van der Waals surface area contributed by atoms with Gasteiger partial charge in [-0.05, 0) is 25.5 Å². The quantitative estimate of drug-likeness (QED) is 0.816. The van der Waals surface area contributed by atoms with E-state index in [1.165, 1.54) is 0 Å². The van der Waals surface area contributed by atoms with Gasteiger partial charge in [0.05, 0.1) is 0 Å². The van der Waals surface area contributed by atoms with Crippen molar-refractivity contribution in [3.05, 3.63) is 46.5 Å². The fourth-order valence-electron chi connectivity index (χ4n) is 2.49. The molecule has 0 bridgehead atoms. The predicted molar refractivity (Wildman–Crippen MR) is 90.4 cm³/mol. The minimum absolute atomic E-state index is 0.00143. The standard InChI is InChI=1S/C17H21BrN2O2/c1-12(2)19-17(22)15(20-10-6-5-9-16(20)21)11-13-7-3-4-8-14(13)18/h3-8,12,15H,9-11H2,1-2H3,(H,19,22). The van der Waals surface area contributed by atoms with E-state index in [0.717, 1.165) is 10.0 Å². The lowest BCUT2D eigenvalue weighted by molar-refractivity contribution is -0.140. The van der Waals surface area contributed by atoms with Gasteiger partial charge in [-0.25, -0.2) is 0 Å². The lowest BCUT2D eigenvalue weighted by Crippen LogP contribution is -2.52. The first kappa shape index (κ1) is 16.7. The van der Waals surface area contributed by atoms with Crippen LogP contribution in [0.1, 0.15) is 25.8 Å². The Morgan fingerprint density at radius 1 is 1.32 bits per heavy atom. The van der Waals surface area contributed by atoms with Crippen molar-refractivity contribution >= 4 is 27.7 Å². The van der Waals surface area contributed by atoms with Crippen LogP contribution in [0.3, 0.4) is 0 Å². The van der Waals surface area contributed by atoms with Gasteiger partial charge in [-0.2, -0.15) is 0 Å². The Hall–Kier alpha value is -1.62. The molecule has 2 amide bonds. The molecule has 1 aliphatic heterocycles. The van der Waals surface area contributed by atoms with Crippen molar-refractivity contribution in [1.29, 1.82) is 0 Å². The number of rotatable bonds is 5. The molecular formula is C17H21BrN2O2. The molecule has 1 atom stereocenters. The summed E-state index contributed by atoms with van der Waals surface area (Å²) in [5.74, 6) is -0.104. The first-order valence-corrected chi connectivity index (χ1v) is 8.26. The number of benzene rings is 1. The van der Waals surface area contributed by atoms with E-state index in [0.29, 0.717) is 19.4 Å². The Balaban J connectivity index is 2.25. The van der Waals surface area contributed by atoms with E-state index >= 15 is 0 Å². The molecule has 4 nitrogen and oxygen atoms in total. The lowest BCUT2D eigenvalue weighted by Gasteiger charge is -2.32. The molecule has 5 heteroatoms. The first-order valence-electron chi connectivity index (χ1n) is 7.47. The third-order valence-electron chi connectivity index (χ3n) is 3.56. The summed E-state index contributed by atoms with van der Waals surface area (Å²) in [6.07, 6.45) is 4.66. The average Bonchev–Trinajstić information content (AvgIpc) is 2.46. The maximum absolute atomic E-state index is 12.6. The molecule has 0 aliphatic carbocycles. The minimum Gasteiger partial charge on any atom is -0.352 e. The molecule has 118 valence electrons. The Morgan fingerprint density at radius 3 is 2.68 bits per heavy atom. The van der Waals surface area contributed by atoms with Crippen LogP contribution in [0, 0.1) is 0 Å². The number of hydrogen-bond acceptors (Lipinski definition) is 2. The molecular weight excluding hydrogens is 344 g/mol. The topological polar surface area (TPSA) is 49.4 Å². The molecule has 0 spiro atoms. The van der Waals surface area contributed by atoms with Gasteiger partial charge >= 0.3 is 0 Å². The number of nitrogens with zero attached hydrogens (tertiary/aromatic N) is 1. The average molecular weight is 365 g/mol. The number of nitrogens with one attached hydrogen (secondary N) is 1. The summed E-state index contributed by atoms with van der Waals surface area (Å²) in [6.45, 7) is 4.33. The van der Waals surface area contributed by atoms with Crippen molar-refractivity contribution in [3.63, 3.8) is 0 Å². The molecule has 2 rings (SSSR count). The maximum atomic E-state index is 12.6. The Kier molecular flexibility index (Phi) is 5.77. The fourth-order valence-corrected chi connectivity index (χ4v) is 2.94. The van der Waals surface area contributed by atoms with E-state index in [-0.39, 0.29) is 17.9 Å². The number of carbonyl (C=O) groups is 2. The largest absolute Gasteiger partial charge is 0.352 e. The van der Waals surface area contributed by atoms with Crippen molar-refractivity contribution in [3.8, 4) is 0 Å². The van der Waals surface area contributed by atoms with Crippen LogP contribution >= 0.6 is 15.9 Å². The number of halogens is 1. The Bertz CT molecular complexity index is 584. The van der Waals surface area contributed by atoms with Gasteiger partial charge in [0.2, 0.25) is 11.8 Å². The SMILES string of the molecule is CC(C)NC(=O)C(Cc1ccccc1Br)N1CC=CCC1=O. The summed E-state index contributed by atoms with van der Waals surface area (Å²) in [5, 5.41) is 2.93. The van der Waals surface area contributed by atoms with Crippen LogP contribution in [-0.4, -0.2) is 35.3 Å². The van der Waals surface area contributed by atoms with E-state index in [2.05, 4.69) is 21.2 Å². The molecule has 1 N–H and O–H groups in total. The normalized spacial score (nSPS) is 16.0. The zero-order chi connectivity index (χ0) is 16.1. The van der Waals surface area contributed by atoms with Gasteiger partial charge in [-0.1, -0.05) is 46.3 Å². The van der Waals surface area contributed by atoms with Crippen LogP contribution in [0.4, 0.5) is 0 Å². The summed E-state index contributed by atoms with van der Waals surface area (Å²) in [7, 11) is 0. The third-order valence-corrected chi connectivity index (χ3v) is 4.34. The first-order chi connectivity index (χ1) is 10.5. The van der Waals surface area contributed by atoms with E-state index < -0.39 is 6.04 Å². The zero-order valence-corrected chi connectivity index (χ0v) is 14.5. The van der Waals surface area contributed by atoms with E-state index in [1.54, 1.807) is 4.90 Å². The number of carbonyl (C=O) groups excluding carboxylic acids is 2. The van der Waals surface area contributed by atoms with Gasteiger partial charge in [-0.15, -0.1) is 0 Å². The second kappa shape index (κ2) is 7.58. The molecule has 1 aromatic rings. The van der Waals surface area contributed by atoms with Crippen LogP contribution in [-0.2, 0) is 16.0 Å². The minimum atomic E-state index is -0.487. The van der Waals surface area contributed by atoms with Crippen LogP contribution in [0.15, 0.2) is 40.9 Å². The Morgan fingerprint density at radius 2 is 2.05 bits per heavy atom. The van der Waals surface area contributed by atoms with Crippen LogP contribution < -0.4 is 5.32 Å².